The van der Waals surface area contributed by atoms with E-state index in [1.54, 1.807) is 49.5 Å². The van der Waals surface area contributed by atoms with Crippen molar-refractivity contribution in [3.05, 3.63) is 65.2 Å². The molecule has 0 aliphatic rings. The minimum atomic E-state index is -3.27. The van der Waals surface area contributed by atoms with Crippen molar-refractivity contribution >= 4 is 37.9 Å². The molecule has 0 radical (unpaired) electrons. The number of nitrogens with two attached hydrogens (primary N) is 1. The van der Waals surface area contributed by atoms with Gasteiger partial charge in [0.05, 0.1) is 29.2 Å². The van der Waals surface area contributed by atoms with Crippen LogP contribution in [-0.4, -0.2) is 47.1 Å². The first-order valence-electron chi connectivity index (χ1n) is 10.1. The highest BCUT2D eigenvalue weighted by Gasteiger charge is 2.19. The fraction of sp³-hybridized carbons (Fsp3) is 0.217. The molecule has 0 saturated heterocycles. The first-order valence-corrected chi connectivity index (χ1v) is 12.0. The molecule has 2 N–H and O–H groups in total. The molecule has 0 amide bonds. The van der Waals surface area contributed by atoms with Crippen LogP contribution in [0.3, 0.4) is 0 Å². The fourth-order valence-electron chi connectivity index (χ4n) is 3.84. The predicted molar refractivity (Wildman–Crippen MR) is 125 cm³/mol. The maximum Gasteiger partial charge on any atom is 0.179 e. The third-order valence-corrected chi connectivity index (χ3v) is 6.47. The lowest BCUT2D eigenvalue weighted by atomic mass is 9.99. The minimum Gasteiger partial charge on any atom is -0.496 e. The van der Waals surface area contributed by atoms with Gasteiger partial charge in [-0.05, 0) is 37.6 Å². The average molecular weight is 466 g/mol. The van der Waals surface area contributed by atoms with E-state index in [1.807, 2.05) is 4.40 Å². The quantitative estimate of drug-likeness (QED) is 0.430. The van der Waals surface area contributed by atoms with Crippen molar-refractivity contribution < 1.29 is 17.9 Å². The number of allylic oxidation sites excluding steroid dienone is 2. The van der Waals surface area contributed by atoms with Crippen LogP contribution in [0.25, 0.3) is 22.3 Å². The molecule has 0 atom stereocenters. The summed E-state index contributed by atoms with van der Waals surface area (Å²) in [5.41, 5.74) is 10.1. The Morgan fingerprint density at radius 3 is 2.39 bits per heavy atom. The van der Waals surface area contributed by atoms with Crippen LogP contribution in [-0.2, 0) is 21.1 Å². The SMILES string of the molecule is COc1cc2c(cc1C(C(C)=O)=C(C)N)ncc1nnc(Cc3ccc(S(C)(=O)=O)cc3)n12. The molecule has 2 heterocycles. The van der Waals surface area contributed by atoms with E-state index in [9.17, 15) is 13.2 Å². The number of nitrogens with zero attached hydrogens (tertiary/aromatic N) is 4. The lowest BCUT2D eigenvalue weighted by Gasteiger charge is -2.14. The van der Waals surface area contributed by atoms with Gasteiger partial charge in [-0.15, -0.1) is 10.2 Å². The number of rotatable bonds is 6. The van der Waals surface area contributed by atoms with Crippen molar-refractivity contribution in [3.8, 4) is 5.75 Å². The summed E-state index contributed by atoms with van der Waals surface area (Å²) in [4.78, 5) is 17.0. The third-order valence-electron chi connectivity index (χ3n) is 5.34. The van der Waals surface area contributed by atoms with Crippen LogP contribution >= 0.6 is 0 Å². The van der Waals surface area contributed by atoms with Crippen LogP contribution in [0.4, 0.5) is 0 Å². The number of hydrogen-bond acceptors (Lipinski definition) is 8. The molecule has 4 rings (SSSR count). The number of carbonyl (C=O) groups is 1. The second-order valence-corrected chi connectivity index (χ2v) is 9.83. The summed E-state index contributed by atoms with van der Waals surface area (Å²) in [5, 5.41) is 8.53. The van der Waals surface area contributed by atoms with E-state index in [2.05, 4.69) is 15.2 Å². The highest BCUT2D eigenvalue weighted by atomic mass is 32.2. The summed E-state index contributed by atoms with van der Waals surface area (Å²) >= 11 is 0. The Labute approximate surface area is 190 Å². The Morgan fingerprint density at radius 1 is 1.12 bits per heavy atom. The standard InChI is InChI=1S/C23H23N5O4S/c1-13(24)23(14(2)29)17-10-18-19(11-20(17)32-3)28-21(26-27-22(28)12-25-18)9-15-5-7-16(8-6-15)33(4,30)31/h5-8,10-12H,9,24H2,1-4H3. The molecular formula is C23H23N5O4S. The first-order chi connectivity index (χ1) is 15.6. The Morgan fingerprint density at radius 2 is 1.82 bits per heavy atom. The normalized spacial score (nSPS) is 12.7. The van der Waals surface area contributed by atoms with Crippen LogP contribution in [0.5, 0.6) is 5.75 Å². The number of ketones is 1. The molecule has 170 valence electrons. The molecular weight excluding hydrogens is 442 g/mol. The number of Topliss-reactive ketones (excluding diaryl/α,β-unsaturated/α-hetero) is 1. The maximum absolute atomic E-state index is 12.2. The predicted octanol–water partition coefficient (Wildman–Crippen LogP) is 2.56. The Balaban J connectivity index is 1.87. The number of hydrogen-bond donors (Lipinski definition) is 1. The molecule has 0 bridgehead atoms. The zero-order chi connectivity index (χ0) is 23.9. The van der Waals surface area contributed by atoms with Gasteiger partial charge in [0.15, 0.2) is 21.3 Å². The van der Waals surface area contributed by atoms with E-state index < -0.39 is 9.84 Å². The Hall–Kier alpha value is -3.79. The number of benzene rings is 2. The molecule has 2 aromatic carbocycles. The molecule has 0 aliphatic heterocycles. The van der Waals surface area contributed by atoms with Gasteiger partial charge in [-0.1, -0.05) is 12.1 Å². The number of ether oxygens (including phenoxy) is 1. The summed E-state index contributed by atoms with van der Waals surface area (Å²) in [6.07, 6.45) is 3.21. The molecule has 0 unspecified atom stereocenters. The fourth-order valence-corrected chi connectivity index (χ4v) is 4.47. The van der Waals surface area contributed by atoms with Gasteiger partial charge in [0.1, 0.15) is 11.6 Å². The second kappa shape index (κ2) is 8.28. The summed E-state index contributed by atoms with van der Waals surface area (Å²) in [5.74, 6) is 0.955. The van der Waals surface area contributed by atoms with Gasteiger partial charge in [0.2, 0.25) is 0 Å². The monoisotopic (exact) mass is 465 g/mol. The van der Waals surface area contributed by atoms with E-state index in [0.717, 1.165) is 5.56 Å². The van der Waals surface area contributed by atoms with Gasteiger partial charge < -0.3 is 10.5 Å². The zero-order valence-corrected chi connectivity index (χ0v) is 19.5. The molecule has 0 spiro atoms. The summed E-state index contributed by atoms with van der Waals surface area (Å²) in [7, 11) is -1.74. The highest BCUT2D eigenvalue weighted by molar-refractivity contribution is 7.90. The molecule has 2 aromatic heterocycles. The number of carbonyl (C=O) groups excluding carboxylic acids is 1. The maximum atomic E-state index is 12.2. The minimum absolute atomic E-state index is 0.170. The van der Waals surface area contributed by atoms with Crippen molar-refractivity contribution in [2.75, 3.05) is 13.4 Å². The molecule has 4 aromatic rings. The lowest BCUT2D eigenvalue weighted by molar-refractivity contribution is -0.111. The molecule has 0 aliphatic carbocycles. The molecule has 0 fully saturated rings. The Bertz CT molecular complexity index is 1530. The van der Waals surface area contributed by atoms with Gasteiger partial charge in [-0.25, -0.2) is 8.42 Å². The van der Waals surface area contributed by atoms with E-state index in [1.165, 1.54) is 20.3 Å². The molecule has 10 heteroatoms. The van der Waals surface area contributed by atoms with E-state index in [0.29, 0.717) is 51.5 Å². The number of methoxy groups -OCH3 is 1. The van der Waals surface area contributed by atoms with Crippen LogP contribution in [0, 0.1) is 0 Å². The van der Waals surface area contributed by atoms with Gasteiger partial charge in [0, 0.05) is 35.6 Å². The van der Waals surface area contributed by atoms with Gasteiger partial charge in [-0.2, -0.15) is 0 Å². The van der Waals surface area contributed by atoms with Crippen molar-refractivity contribution in [1.29, 1.82) is 0 Å². The van der Waals surface area contributed by atoms with Crippen molar-refractivity contribution in [2.45, 2.75) is 25.2 Å². The van der Waals surface area contributed by atoms with Crippen molar-refractivity contribution in [3.63, 3.8) is 0 Å². The van der Waals surface area contributed by atoms with Crippen LogP contribution in [0.1, 0.15) is 30.8 Å². The van der Waals surface area contributed by atoms with Crippen molar-refractivity contribution in [1.82, 2.24) is 19.6 Å². The average Bonchev–Trinajstić information content (AvgIpc) is 3.15. The Kier molecular flexibility index (Phi) is 5.62. The summed E-state index contributed by atoms with van der Waals surface area (Å²) in [6, 6.07) is 10.2. The smallest absolute Gasteiger partial charge is 0.179 e. The van der Waals surface area contributed by atoms with E-state index >= 15 is 0 Å². The molecule has 9 nitrogen and oxygen atoms in total. The molecule has 0 saturated carbocycles. The van der Waals surface area contributed by atoms with Crippen molar-refractivity contribution in [2.24, 2.45) is 5.73 Å². The number of aromatic nitrogens is 4. The lowest BCUT2D eigenvalue weighted by Crippen LogP contribution is -2.07. The second-order valence-electron chi connectivity index (χ2n) is 7.82. The van der Waals surface area contributed by atoms with E-state index in [-0.39, 0.29) is 10.7 Å². The summed E-state index contributed by atoms with van der Waals surface area (Å²) < 4.78 is 30.9. The number of fused-ring (bicyclic) bond motifs is 3. The zero-order valence-electron chi connectivity index (χ0n) is 18.7. The summed E-state index contributed by atoms with van der Waals surface area (Å²) in [6.45, 7) is 3.13. The topological polar surface area (TPSA) is 130 Å². The molecule has 33 heavy (non-hydrogen) atoms. The van der Waals surface area contributed by atoms with Crippen LogP contribution in [0.15, 0.2) is 53.2 Å². The number of sulfone groups is 1. The van der Waals surface area contributed by atoms with Crippen LogP contribution < -0.4 is 10.5 Å². The van der Waals surface area contributed by atoms with E-state index in [4.69, 9.17) is 10.5 Å². The highest BCUT2D eigenvalue weighted by Crippen LogP contribution is 2.32. The van der Waals surface area contributed by atoms with Gasteiger partial charge in [-0.3, -0.25) is 14.2 Å². The van der Waals surface area contributed by atoms with Crippen LogP contribution in [0.2, 0.25) is 0 Å². The third kappa shape index (κ3) is 4.17. The van der Waals surface area contributed by atoms with Gasteiger partial charge >= 0.3 is 0 Å². The van der Waals surface area contributed by atoms with Gasteiger partial charge in [0.25, 0.3) is 0 Å². The largest absolute Gasteiger partial charge is 0.496 e. The first kappa shape index (κ1) is 22.4.